The van der Waals surface area contributed by atoms with Crippen LogP contribution in [0.1, 0.15) is 27.0 Å². The van der Waals surface area contributed by atoms with Crippen LogP contribution in [0.4, 0.5) is 5.69 Å². The Morgan fingerprint density at radius 3 is 2.52 bits per heavy atom. The van der Waals surface area contributed by atoms with Crippen LogP contribution < -0.4 is 14.8 Å². The van der Waals surface area contributed by atoms with Crippen molar-refractivity contribution in [3.8, 4) is 5.75 Å². The highest BCUT2D eigenvalue weighted by molar-refractivity contribution is 7.92. The predicted molar refractivity (Wildman–Crippen MR) is 120 cm³/mol. The highest BCUT2D eigenvalue weighted by Crippen LogP contribution is 2.28. The topological polar surface area (TPSA) is 84.5 Å². The van der Waals surface area contributed by atoms with E-state index in [4.69, 9.17) is 4.74 Å². The van der Waals surface area contributed by atoms with Crippen molar-refractivity contribution in [1.82, 2.24) is 5.32 Å². The monoisotopic (exact) mass is 436 g/mol. The molecule has 1 aliphatic rings. The maximum absolute atomic E-state index is 12.9. The summed E-state index contributed by atoms with van der Waals surface area (Å²) in [5.74, 6) is 0.512. The number of sulfonamides is 1. The smallest absolute Gasteiger partial charge is 0.261 e. The van der Waals surface area contributed by atoms with Crippen LogP contribution in [0.5, 0.6) is 5.75 Å². The van der Waals surface area contributed by atoms with E-state index < -0.39 is 10.0 Å². The van der Waals surface area contributed by atoms with Crippen molar-refractivity contribution in [2.75, 3.05) is 11.3 Å². The van der Waals surface area contributed by atoms with Gasteiger partial charge in [0.1, 0.15) is 11.9 Å². The second kappa shape index (κ2) is 8.43. The molecule has 0 bridgehead atoms. The minimum Gasteiger partial charge on any atom is -0.488 e. The van der Waals surface area contributed by atoms with Crippen molar-refractivity contribution in [3.63, 3.8) is 0 Å². The summed E-state index contributed by atoms with van der Waals surface area (Å²) in [5.41, 5.74) is 3.46. The van der Waals surface area contributed by atoms with Gasteiger partial charge in [-0.05, 0) is 54.8 Å². The minimum absolute atomic E-state index is 0.0380. The fraction of sp³-hybridized carbons (Fsp3) is 0.208. The van der Waals surface area contributed by atoms with Crippen LogP contribution in [0.3, 0.4) is 0 Å². The first-order valence-electron chi connectivity index (χ1n) is 10.1. The lowest BCUT2D eigenvalue weighted by atomic mass is 10.1. The van der Waals surface area contributed by atoms with E-state index in [-0.39, 0.29) is 16.9 Å². The highest BCUT2D eigenvalue weighted by Gasteiger charge is 2.24. The summed E-state index contributed by atoms with van der Waals surface area (Å²) in [7, 11) is -3.83. The van der Waals surface area contributed by atoms with Crippen molar-refractivity contribution >= 4 is 21.6 Å². The normalized spacial score (nSPS) is 15.1. The number of carbonyl (C=O) groups excluding carboxylic acids is 1. The molecular weight excluding hydrogens is 412 g/mol. The van der Waals surface area contributed by atoms with Crippen LogP contribution in [0, 0.1) is 13.8 Å². The Morgan fingerprint density at radius 2 is 1.74 bits per heavy atom. The molecule has 4 rings (SSSR count). The zero-order valence-electron chi connectivity index (χ0n) is 17.4. The summed E-state index contributed by atoms with van der Waals surface area (Å²) in [6.45, 7) is 3.95. The average Bonchev–Trinajstić information content (AvgIpc) is 3.17. The van der Waals surface area contributed by atoms with Gasteiger partial charge >= 0.3 is 0 Å². The first-order valence-corrected chi connectivity index (χ1v) is 11.5. The zero-order valence-corrected chi connectivity index (χ0v) is 18.2. The number of nitrogens with one attached hydrogen (secondary N) is 2. The number of anilines is 1. The van der Waals surface area contributed by atoms with E-state index in [9.17, 15) is 13.2 Å². The molecule has 3 aromatic rings. The van der Waals surface area contributed by atoms with E-state index in [0.717, 1.165) is 23.3 Å². The highest BCUT2D eigenvalue weighted by atomic mass is 32.2. The number of hydrogen-bond donors (Lipinski definition) is 2. The largest absolute Gasteiger partial charge is 0.488 e. The average molecular weight is 437 g/mol. The maximum atomic E-state index is 12.9. The Labute approximate surface area is 182 Å². The summed E-state index contributed by atoms with van der Waals surface area (Å²) < 4.78 is 34.2. The Hall–Kier alpha value is -3.32. The van der Waals surface area contributed by atoms with Crippen LogP contribution in [-0.2, 0) is 16.4 Å². The predicted octanol–water partition coefficient (Wildman–Crippen LogP) is 3.84. The maximum Gasteiger partial charge on any atom is 0.261 e. The van der Waals surface area contributed by atoms with Crippen LogP contribution in [0.2, 0.25) is 0 Å². The van der Waals surface area contributed by atoms with Gasteiger partial charge in [0.05, 0.1) is 17.1 Å². The van der Waals surface area contributed by atoms with Crippen molar-refractivity contribution in [2.45, 2.75) is 31.3 Å². The molecule has 1 atom stereocenters. The first kappa shape index (κ1) is 20.9. The van der Waals surface area contributed by atoms with Crippen LogP contribution in [0.25, 0.3) is 0 Å². The quantitative estimate of drug-likeness (QED) is 0.615. The van der Waals surface area contributed by atoms with Gasteiger partial charge in [0, 0.05) is 12.0 Å². The van der Waals surface area contributed by atoms with E-state index in [0.29, 0.717) is 23.4 Å². The van der Waals surface area contributed by atoms with Crippen molar-refractivity contribution in [1.29, 1.82) is 0 Å². The van der Waals surface area contributed by atoms with Gasteiger partial charge in [-0.25, -0.2) is 8.42 Å². The number of aryl methyl sites for hydroxylation is 2. The number of ether oxygens (including phenoxy) is 1. The molecule has 0 aromatic heterocycles. The SMILES string of the molecule is Cc1ccccc1NS(=O)(=O)c1ccc(C)c(C(=O)NCC2Cc3ccccc3O2)c1. The standard InChI is InChI=1S/C24H24N2O4S/c1-16-11-12-20(31(28,29)26-22-9-5-3-7-17(22)2)14-21(16)24(27)25-15-19-13-18-8-4-6-10-23(18)30-19/h3-12,14,19,26H,13,15H2,1-2H3,(H,25,27). The number of fused-ring (bicyclic) bond motifs is 1. The van der Waals surface area contributed by atoms with E-state index in [1.165, 1.54) is 12.1 Å². The number of amides is 1. The summed E-state index contributed by atoms with van der Waals surface area (Å²) in [6, 6.07) is 19.5. The fourth-order valence-electron chi connectivity index (χ4n) is 3.57. The zero-order chi connectivity index (χ0) is 22.0. The minimum atomic E-state index is -3.83. The van der Waals surface area contributed by atoms with Crippen LogP contribution >= 0.6 is 0 Å². The lowest BCUT2D eigenvalue weighted by Crippen LogP contribution is -2.34. The summed E-state index contributed by atoms with van der Waals surface area (Å²) in [4.78, 5) is 12.8. The molecule has 160 valence electrons. The van der Waals surface area contributed by atoms with Crippen LogP contribution in [-0.4, -0.2) is 27.0 Å². The van der Waals surface area contributed by atoms with E-state index in [1.54, 1.807) is 25.1 Å². The molecule has 0 aliphatic carbocycles. The third kappa shape index (κ3) is 4.56. The molecule has 0 saturated heterocycles. The molecule has 2 N–H and O–H groups in total. The Morgan fingerprint density at radius 1 is 1.00 bits per heavy atom. The lowest BCUT2D eigenvalue weighted by Gasteiger charge is -2.14. The van der Waals surface area contributed by atoms with E-state index in [2.05, 4.69) is 10.0 Å². The van der Waals surface area contributed by atoms with Gasteiger partial charge in [-0.15, -0.1) is 0 Å². The van der Waals surface area contributed by atoms with Crippen molar-refractivity contribution in [2.24, 2.45) is 0 Å². The summed E-state index contributed by atoms with van der Waals surface area (Å²) >= 11 is 0. The third-order valence-electron chi connectivity index (χ3n) is 5.36. The molecule has 0 spiro atoms. The van der Waals surface area contributed by atoms with Gasteiger partial charge in [-0.1, -0.05) is 42.5 Å². The van der Waals surface area contributed by atoms with Crippen molar-refractivity contribution < 1.29 is 17.9 Å². The molecular formula is C24H24N2O4S. The molecule has 1 amide bonds. The second-order valence-corrected chi connectivity index (χ2v) is 9.34. The molecule has 1 heterocycles. The Bertz CT molecular complexity index is 1210. The molecule has 31 heavy (non-hydrogen) atoms. The van der Waals surface area contributed by atoms with Gasteiger partial charge in [0.25, 0.3) is 15.9 Å². The molecule has 7 heteroatoms. The molecule has 3 aromatic carbocycles. The van der Waals surface area contributed by atoms with Gasteiger partial charge in [0.15, 0.2) is 0 Å². The lowest BCUT2D eigenvalue weighted by molar-refractivity contribution is 0.0932. The van der Waals surface area contributed by atoms with Gasteiger partial charge in [-0.2, -0.15) is 0 Å². The molecule has 1 unspecified atom stereocenters. The van der Waals surface area contributed by atoms with E-state index in [1.807, 2.05) is 43.3 Å². The molecule has 6 nitrogen and oxygen atoms in total. The Balaban J connectivity index is 1.47. The third-order valence-corrected chi connectivity index (χ3v) is 6.72. The first-order chi connectivity index (χ1) is 14.8. The summed E-state index contributed by atoms with van der Waals surface area (Å²) in [6.07, 6.45) is 0.584. The van der Waals surface area contributed by atoms with Crippen LogP contribution in [0.15, 0.2) is 71.6 Å². The number of para-hydroxylation sites is 2. The fourth-order valence-corrected chi connectivity index (χ4v) is 4.73. The van der Waals surface area contributed by atoms with Crippen molar-refractivity contribution in [3.05, 3.63) is 89.0 Å². The van der Waals surface area contributed by atoms with Gasteiger partial charge < -0.3 is 10.1 Å². The molecule has 0 radical (unpaired) electrons. The Kier molecular flexibility index (Phi) is 5.69. The molecule has 1 aliphatic heterocycles. The number of benzene rings is 3. The van der Waals surface area contributed by atoms with E-state index >= 15 is 0 Å². The molecule has 0 fully saturated rings. The molecule has 0 saturated carbocycles. The number of carbonyl (C=O) groups is 1. The van der Waals surface area contributed by atoms with Gasteiger partial charge in [-0.3, -0.25) is 9.52 Å². The second-order valence-electron chi connectivity index (χ2n) is 7.66. The summed E-state index contributed by atoms with van der Waals surface area (Å²) in [5, 5.41) is 2.87. The number of rotatable bonds is 6. The number of hydrogen-bond acceptors (Lipinski definition) is 4. The van der Waals surface area contributed by atoms with Gasteiger partial charge in [0.2, 0.25) is 0 Å².